The molecule has 0 unspecified atom stereocenters. The molecule has 126 valence electrons. The zero-order valence-corrected chi connectivity index (χ0v) is 14.3. The fraction of sp³-hybridized carbons (Fsp3) is 0.588. The van der Waals surface area contributed by atoms with Crippen LogP contribution < -0.4 is 10.2 Å². The minimum Gasteiger partial charge on any atom is -0.368 e. The molecule has 1 amide bonds. The molecule has 1 N–H and O–H groups in total. The fourth-order valence-electron chi connectivity index (χ4n) is 3.25. The van der Waals surface area contributed by atoms with Crippen molar-refractivity contribution in [1.82, 2.24) is 15.1 Å². The number of amides is 1. The number of benzene rings is 1. The smallest absolute Gasteiger partial charge is 0.223 e. The average molecular weight is 337 g/mol. The molecule has 0 atom stereocenters. The summed E-state index contributed by atoms with van der Waals surface area (Å²) in [5, 5.41) is 4.09. The summed E-state index contributed by atoms with van der Waals surface area (Å²) in [6.45, 7) is 8.29. The van der Waals surface area contributed by atoms with Crippen LogP contribution in [0.2, 0.25) is 5.02 Å². The third kappa shape index (κ3) is 4.37. The van der Waals surface area contributed by atoms with E-state index in [2.05, 4.69) is 21.2 Å². The van der Waals surface area contributed by atoms with Crippen LogP contribution in [0.5, 0.6) is 0 Å². The quantitative estimate of drug-likeness (QED) is 0.899. The van der Waals surface area contributed by atoms with Crippen molar-refractivity contribution in [2.45, 2.75) is 6.42 Å². The molecule has 6 heteroatoms. The second-order valence-corrected chi connectivity index (χ2v) is 6.57. The van der Waals surface area contributed by atoms with Gasteiger partial charge in [0.25, 0.3) is 0 Å². The zero-order chi connectivity index (χ0) is 16.1. The highest BCUT2D eigenvalue weighted by atomic mass is 35.5. The molecule has 2 heterocycles. The lowest BCUT2D eigenvalue weighted by molar-refractivity contribution is -0.132. The number of hydrogen-bond donors (Lipinski definition) is 1. The molecule has 2 aliphatic heterocycles. The third-order valence-electron chi connectivity index (χ3n) is 4.68. The molecule has 1 aromatic carbocycles. The van der Waals surface area contributed by atoms with Crippen molar-refractivity contribution in [2.24, 2.45) is 0 Å². The van der Waals surface area contributed by atoms with Crippen molar-refractivity contribution >= 4 is 23.2 Å². The molecular formula is C17H25ClN4O. The van der Waals surface area contributed by atoms with Crippen LogP contribution in [0.3, 0.4) is 0 Å². The SMILES string of the molecule is O=C(CCN1CCN(c2ccccc2Cl)CC1)N1CCNCC1. The molecule has 0 bridgehead atoms. The van der Waals surface area contributed by atoms with Gasteiger partial charge in [0.1, 0.15) is 0 Å². The Kier molecular flexibility index (Phi) is 5.75. The topological polar surface area (TPSA) is 38.8 Å². The maximum absolute atomic E-state index is 12.2. The van der Waals surface area contributed by atoms with E-state index < -0.39 is 0 Å². The van der Waals surface area contributed by atoms with Gasteiger partial charge in [0.15, 0.2) is 0 Å². The number of hydrogen-bond acceptors (Lipinski definition) is 4. The van der Waals surface area contributed by atoms with Crippen LogP contribution in [0.15, 0.2) is 24.3 Å². The second kappa shape index (κ2) is 7.99. The fourth-order valence-corrected chi connectivity index (χ4v) is 3.50. The third-order valence-corrected chi connectivity index (χ3v) is 5.00. The van der Waals surface area contributed by atoms with Gasteiger partial charge in [-0.3, -0.25) is 9.69 Å². The van der Waals surface area contributed by atoms with Crippen molar-refractivity contribution < 1.29 is 4.79 Å². The first kappa shape index (κ1) is 16.6. The summed E-state index contributed by atoms with van der Waals surface area (Å²) >= 11 is 6.27. The molecule has 5 nitrogen and oxygen atoms in total. The van der Waals surface area contributed by atoms with Gasteiger partial charge in [-0.05, 0) is 12.1 Å². The van der Waals surface area contributed by atoms with Crippen LogP contribution in [0.1, 0.15) is 6.42 Å². The highest BCUT2D eigenvalue weighted by Crippen LogP contribution is 2.25. The van der Waals surface area contributed by atoms with Crippen molar-refractivity contribution in [1.29, 1.82) is 0 Å². The number of para-hydroxylation sites is 1. The van der Waals surface area contributed by atoms with Crippen molar-refractivity contribution in [3.05, 3.63) is 29.3 Å². The maximum atomic E-state index is 12.2. The number of carbonyl (C=O) groups excluding carboxylic acids is 1. The molecule has 2 fully saturated rings. The van der Waals surface area contributed by atoms with E-state index in [1.54, 1.807) is 0 Å². The van der Waals surface area contributed by atoms with Crippen molar-refractivity contribution in [3.8, 4) is 0 Å². The first-order valence-corrected chi connectivity index (χ1v) is 8.82. The maximum Gasteiger partial charge on any atom is 0.223 e. The Morgan fingerprint density at radius 2 is 1.74 bits per heavy atom. The number of nitrogens with zero attached hydrogens (tertiary/aromatic N) is 3. The van der Waals surface area contributed by atoms with Crippen molar-refractivity contribution in [2.75, 3.05) is 63.8 Å². The molecule has 0 saturated carbocycles. The summed E-state index contributed by atoms with van der Waals surface area (Å²) < 4.78 is 0. The largest absolute Gasteiger partial charge is 0.368 e. The lowest BCUT2D eigenvalue weighted by atomic mass is 10.2. The Labute approximate surface area is 143 Å². The Bertz CT molecular complexity index is 525. The Balaban J connectivity index is 1.42. The van der Waals surface area contributed by atoms with Crippen LogP contribution in [0, 0.1) is 0 Å². The first-order chi connectivity index (χ1) is 11.2. The lowest BCUT2D eigenvalue weighted by Gasteiger charge is -2.36. The summed E-state index contributed by atoms with van der Waals surface area (Å²) in [5.41, 5.74) is 1.12. The van der Waals surface area contributed by atoms with E-state index in [0.29, 0.717) is 12.3 Å². The van der Waals surface area contributed by atoms with Gasteiger partial charge in [-0.2, -0.15) is 0 Å². The van der Waals surface area contributed by atoms with Gasteiger partial charge in [0, 0.05) is 65.3 Å². The van der Waals surface area contributed by atoms with Gasteiger partial charge in [-0.15, -0.1) is 0 Å². The van der Waals surface area contributed by atoms with Crippen LogP contribution in [0.4, 0.5) is 5.69 Å². The molecule has 2 saturated heterocycles. The Morgan fingerprint density at radius 3 is 2.43 bits per heavy atom. The highest BCUT2D eigenvalue weighted by molar-refractivity contribution is 6.33. The summed E-state index contributed by atoms with van der Waals surface area (Å²) in [6, 6.07) is 8.00. The normalized spacial score (nSPS) is 19.9. The number of halogens is 1. The van der Waals surface area contributed by atoms with Crippen molar-refractivity contribution in [3.63, 3.8) is 0 Å². The first-order valence-electron chi connectivity index (χ1n) is 8.44. The second-order valence-electron chi connectivity index (χ2n) is 6.16. The number of nitrogens with one attached hydrogen (secondary N) is 1. The van der Waals surface area contributed by atoms with Gasteiger partial charge in [0.2, 0.25) is 5.91 Å². The van der Waals surface area contributed by atoms with Gasteiger partial charge >= 0.3 is 0 Å². The Hall–Kier alpha value is -1.30. The monoisotopic (exact) mass is 336 g/mol. The minimum absolute atomic E-state index is 0.292. The zero-order valence-electron chi connectivity index (χ0n) is 13.5. The predicted molar refractivity (Wildman–Crippen MR) is 94.2 cm³/mol. The predicted octanol–water partition coefficient (Wildman–Crippen LogP) is 1.28. The molecule has 0 aromatic heterocycles. The molecule has 3 rings (SSSR count). The number of carbonyl (C=O) groups is 1. The van der Waals surface area contributed by atoms with Gasteiger partial charge in [-0.1, -0.05) is 23.7 Å². The van der Waals surface area contributed by atoms with Crippen LogP contribution >= 0.6 is 11.6 Å². The van der Waals surface area contributed by atoms with E-state index in [0.717, 1.165) is 69.6 Å². The summed E-state index contributed by atoms with van der Waals surface area (Å²) in [5.74, 6) is 0.292. The summed E-state index contributed by atoms with van der Waals surface area (Å²) in [7, 11) is 0. The molecular weight excluding hydrogens is 312 g/mol. The Morgan fingerprint density at radius 1 is 1.04 bits per heavy atom. The number of anilines is 1. The van der Waals surface area contributed by atoms with Crippen LogP contribution in [-0.2, 0) is 4.79 Å². The van der Waals surface area contributed by atoms with Gasteiger partial charge < -0.3 is 15.1 Å². The molecule has 0 aliphatic carbocycles. The van der Waals surface area contributed by atoms with Crippen LogP contribution in [-0.4, -0.2) is 74.6 Å². The highest BCUT2D eigenvalue weighted by Gasteiger charge is 2.21. The minimum atomic E-state index is 0.292. The van der Waals surface area contributed by atoms with E-state index >= 15 is 0 Å². The molecule has 0 radical (unpaired) electrons. The van der Waals surface area contributed by atoms with E-state index in [1.807, 2.05) is 23.1 Å². The van der Waals surface area contributed by atoms with Gasteiger partial charge in [0.05, 0.1) is 10.7 Å². The van der Waals surface area contributed by atoms with E-state index in [1.165, 1.54) is 0 Å². The van der Waals surface area contributed by atoms with Gasteiger partial charge in [-0.25, -0.2) is 0 Å². The van der Waals surface area contributed by atoms with E-state index in [4.69, 9.17) is 11.6 Å². The molecule has 2 aliphatic rings. The molecule has 1 aromatic rings. The molecule has 23 heavy (non-hydrogen) atoms. The average Bonchev–Trinajstić information content (AvgIpc) is 2.61. The van der Waals surface area contributed by atoms with E-state index in [9.17, 15) is 4.79 Å². The van der Waals surface area contributed by atoms with E-state index in [-0.39, 0.29) is 0 Å². The summed E-state index contributed by atoms with van der Waals surface area (Å²) in [4.78, 5) is 18.9. The molecule has 0 spiro atoms. The van der Waals surface area contributed by atoms with Crippen LogP contribution in [0.25, 0.3) is 0 Å². The lowest BCUT2D eigenvalue weighted by Crippen LogP contribution is -2.49. The summed E-state index contributed by atoms with van der Waals surface area (Å²) in [6.07, 6.45) is 0.631. The standard InChI is InChI=1S/C17H25ClN4O/c18-15-3-1-2-4-16(15)21-13-11-20(12-14-21)8-5-17(23)22-9-6-19-7-10-22/h1-4,19H,5-14H2. The number of piperazine rings is 2. The number of rotatable bonds is 4.